The lowest BCUT2D eigenvalue weighted by Gasteiger charge is -2.31. The van der Waals surface area contributed by atoms with Crippen molar-refractivity contribution in [3.8, 4) is 0 Å². The lowest BCUT2D eigenvalue weighted by atomic mass is 9.75. The molecule has 0 amide bonds. The Morgan fingerprint density at radius 2 is 1.82 bits per heavy atom. The molecule has 2 aromatic carbocycles. The number of benzene rings is 2. The molecular formula is C30H31N2S2+. The first-order chi connectivity index (χ1) is 16.5. The Bertz CT molecular complexity index is 1400. The molecule has 2 nitrogen and oxygen atoms in total. The number of hydrogen-bond donors (Lipinski definition) is 0. The highest BCUT2D eigenvalue weighted by Crippen LogP contribution is 2.47. The fourth-order valence-electron chi connectivity index (χ4n) is 5.51. The number of hydrogen-bond acceptors (Lipinski definition) is 3. The second-order valence-electron chi connectivity index (χ2n) is 10.4. The van der Waals surface area contributed by atoms with Gasteiger partial charge in [0.2, 0.25) is 5.52 Å². The molecule has 1 aromatic heterocycles. The van der Waals surface area contributed by atoms with Crippen molar-refractivity contribution in [3.63, 3.8) is 0 Å². The summed E-state index contributed by atoms with van der Waals surface area (Å²) in [4.78, 5) is 3.68. The Morgan fingerprint density at radius 3 is 2.71 bits per heavy atom. The maximum Gasteiger partial charge on any atom is 0.265 e. The van der Waals surface area contributed by atoms with E-state index in [2.05, 4.69) is 103 Å². The Balaban J connectivity index is 1.33. The van der Waals surface area contributed by atoms with Crippen LogP contribution >= 0.6 is 23.1 Å². The van der Waals surface area contributed by atoms with Gasteiger partial charge in [-0.1, -0.05) is 79.4 Å². The number of thiazole rings is 1. The van der Waals surface area contributed by atoms with E-state index in [1.54, 1.807) is 0 Å². The highest BCUT2D eigenvalue weighted by atomic mass is 32.2. The van der Waals surface area contributed by atoms with Gasteiger partial charge in [-0.25, -0.2) is 0 Å². The van der Waals surface area contributed by atoms with Crippen molar-refractivity contribution in [1.82, 2.24) is 0 Å². The molecule has 0 unspecified atom stereocenters. The number of para-hydroxylation sites is 2. The maximum absolute atomic E-state index is 2.52. The monoisotopic (exact) mass is 483 g/mol. The van der Waals surface area contributed by atoms with Crippen molar-refractivity contribution in [1.29, 1.82) is 0 Å². The maximum atomic E-state index is 2.52. The molecule has 3 aliphatic rings. The number of allylic oxidation sites excluding steroid dienone is 7. The third-order valence-corrected chi connectivity index (χ3v) is 9.43. The number of rotatable bonds is 2. The van der Waals surface area contributed by atoms with Crippen LogP contribution in [-0.4, -0.2) is 7.05 Å². The lowest BCUT2D eigenvalue weighted by Crippen LogP contribution is -2.38. The third-order valence-electron chi connectivity index (χ3n) is 7.03. The number of aromatic nitrogens is 1. The molecule has 0 N–H and O–H groups in total. The minimum atomic E-state index is 0.268. The molecule has 0 radical (unpaired) electrons. The van der Waals surface area contributed by atoms with Crippen LogP contribution in [0.3, 0.4) is 0 Å². The van der Waals surface area contributed by atoms with E-state index in [1.165, 1.54) is 60.4 Å². The van der Waals surface area contributed by atoms with Gasteiger partial charge in [-0.05, 0) is 60.1 Å². The molecule has 0 atom stereocenters. The zero-order valence-corrected chi connectivity index (χ0v) is 21.8. The average Bonchev–Trinajstić information content (AvgIpc) is 3.35. The molecule has 34 heavy (non-hydrogen) atoms. The fourth-order valence-corrected chi connectivity index (χ4v) is 7.87. The van der Waals surface area contributed by atoms with Gasteiger partial charge in [0.15, 0.2) is 6.54 Å². The first-order valence-electron chi connectivity index (χ1n) is 12.2. The average molecular weight is 484 g/mol. The van der Waals surface area contributed by atoms with E-state index in [0.717, 1.165) is 19.4 Å². The molecule has 172 valence electrons. The van der Waals surface area contributed by atoms with Crippen molar-refractivity contribution in [2.75, 3.05) is 11.9 Å². The predicted octanol–water partition coefficient (Wildman–Crippen LogP) is 8.12. The number of aryl methyl sites for hydroxylation is 1. The summed E-state index contributed by atoms with van der Waals surface area (Å²) in [7, 11) is 2.18. The SMILES string of the molecule is CN1/C(=C/C2=CC(=C/C=C3\CCC[n+]4c3sc3ccccc34)/CC(C)(C)C2)Sc2ccccc21. The number of fused-ring (bicyclic) bond motifs is 4. The largest absolute Gasteiger partial charge is 0.338 e. The molecule has 0 fully saturated rings. The molecule has 1 aliphatic carbocycles. The van der Waals surface area contributed by atoms with Crippen molar-refractivity contribution in [2.45, 2.75) is 51.0 Å². The van der Waals surface area contributed by atoms with Gasteiger partial charge in [-0.3, -0.25) is 0 Å². The van der Waals surface area contributed by atoms with Crippen LogP contribution in [0.4, 0.5) is 5.69 Å². The van der Waals surface area contributed by atoms with Crippen LogP contribution in [-0.2, 0) is 6.54 Å². The van der Waals surface area contributed by atoms with E-state index in [1.807, 2.05) is 23.1 Å². The Kier molecular flexibility index (Phi) is 5.54. The Morgan fingerprint density at radius 1 is 1.00 bits per heavy atom. The highest BCUT2D eigenvalue weighted by Gasteiger charge is 2.29. The quantitative estimate of drug-likeness (QED) is 0.340. The second-order valence-corrected chi connectivity index (χ2v) is 12.5. The Labute approximate surface area is 211 Å². The summed E-state index contributed by atoms with van der Waals surface area (Å²) in [6.07, 6.45) is 14.3. The van der Waals surface area contributed by atoms with Gasteiger partial charge < -0.3 is 4.90 Å². The zero-order valence-electron chi connectivity index (χ0n) is 20.2. The highest BCUT2D eigenvalue weighted by molar-refractivity contribution is 8.03. The van der Waals surface area contributed by atoms with Crippen LogP contribution in [0.5, 0.6) is 0 Å². The molecular weight excluding hydrogens is 452 g/mol. The van der Waals surface area contributed by atoms with E-state index < -0.39 is 0 Å². The van der Waals surface area contributed by atoms with E-state index in [0.29, 0.717) is 0 Å². The summed E-state index contributed by atoms with van der Waals surface area (Å²) in [6, 6.07) is 17.5. The summed E-state index contributed by atoms with van der Waals surface area (Å²) in [5.41, 5.74) is 7.32. The van der Waals surface area contributed by atoms with Crippen LogP contribution in [0.15, 0.2) is 93.9 Å². The van der Waals surface area contributed by atoms with E-state index >= 15 is 0 Å². The van der Waals surface area contributed by atoms with Gasteiger partial charge in [0.05, 0.1) is 10.7 Å². The van der Waals surface area contributed by atoms with Crippen LogP contribution in [0.25, 0.3) is 15.8 Å². The van der Waals surface area contributed by atoms with Crippen molar-refractivity contribution >= 4 is 44.6 Å². The summed E-state index contributed by atoms with van der Waals surface area (Å²) in [5, 5.41) is 2.76. The predicted molar refractivity (Wildman–Crippen MR) is 147 cm³/mol. The molecule has 4 heteroatoms. The van der Waals surface area contributed by atoms with E-state index in [9.17, 15) is 0 Å². The molecule has 0 saturated carbocycles. The zero-order chi connectivity index (χ0) is 23.3. The summed E-state index contributed by atoms with van der Waals surface area (Å²) >= 11 is 3.83. The van der Waals surface area contributed by atoms with Crippen molar-refractivity contribution < 1.29 is 4.57 Å². The van der Waals surface area contributed by atoms with Crippen LogP contribution in [0.1, 0.15) is 44.5 Å². The van der Waals surface area contributed by atoms with Crippen LogP contribution in [0, 0.1) is 5.41 Å². The minimum absolute atomic E-state index is 0.268. The van der Waals surface area contributed by atoms with E-state index in [4.69, 9.17) is 0 Å². The minimum Gasteiger partial charge on any atom is -0.338 e. The Hall–Kier alpha value is -2.56. The second kappa shape index (κ2) is 8.58. The molecule has 3 aromatic rings. The number of anilines is 1. The molecule has 0 bridgehead atoms. The van der Waals surface area contributed by atoms with Gasteiger partial charge in [0.25, 0.3) is 5.01 Å². The number of thioether (sulfide) groups is 1. The summed E-state index contributed by atoms with van der Waals surface area (Å²) < 4.78 is 3.92. The number of nitrogens with zero attached hydrogens (tertiary/aromatic N) is 2. The van der Waals surface area contributed by atoms with Gasteiger partial charge in [0.1, 0.15) is 4.70 Å². The standard InChI is InChI=1S/C30H31N2S2/c1-30(2)19-21(17-22(20-30)18-28-31(3)24-10-4-6-12-26(24)33-28)14-15-23-9-8-16-32-25-11-5-7-13-27(25)34-29(23)32/h4-7,10-15,17-18H,8-9,16,19-20H2,1-3H3/q+1. The molecule has 6 rings (SSSR count). The topological polar surface area (TPSA) is 7.12 Å². The summed E-state index contributed by atoms with van der Waals surface area (Å²) in [5.74, 6) is 0. The van der Waals surface area contributed by atoms with Crippen LogP contribution in [0.2, 0.25) is 0 Å². The van der Waals surface area contributed by atoms with E-state index in [-0.39, 0.29) is 5.41 Å². The first-order valence-corrected chi connectivity index (χ1v) is 13.8. The van der Waals surface area contributed by atoms with Gasteiger partial charge >= 0.3 is 0 Å². The van der Waals surface area contributed by atoms with Crippen molar-refractivity contribution in [3.05, 3.63) is 94.0 Å². The molecule has 0 spiro atoms. The molecule has 3 heterocycles. The van der Waals surface area contributed by atoms with Crippen molar-refractivity contribution in [2.24, 2.45) is 5.41 Å². The van der Waals surface area contributed by atoms with Gasteiger partial charge in [0, 0.05) is 30.0 Å². The normalized spacial score (nSPS) is 23.0. The molecule has 0 saturated heterocycles. The smallest absolute Gasteiger partial charge is 0.265 e. The third kappa shape index (κ3) is 4.08. The summed E-state index contributed by atoms with van der Waals surface area (Å²) in [6.45, 7) is 5.94. The fraction of sp³-hybridized carbons (Fsp3) is 0.300. The van der Waals surface area contributed by atoms with Gasteiger partial charge in [-0.15, -0.1) is 0 Å². The van der Waals surface area contributed by atoms with Crippen LogP contribution < -0.4 is 9.47 Å². The molecule has 2 aliphatic heterocycles. The van der Waals surface area contributed by atoms with Gasteiger partial charge in [-0.2, -0.15) is 4.57 Å². The lowest BCUT2D eigenvalue weighted by molar-refractivity contribution is -0.672. The first kappa shape index (κ1) is 21.9.